The van der Waals surface area contributed by atoms with Gasteiger partial charge < -0.3 is 20.5 Å². The first-order valence-corrected chi connectivity index (χ1v) is 5.58. The number of hydrogen-bond acceptors (Lipinski definition) is 4. The van der Waals surface area contributed by atoms with Crippen LogP contribution in [-0.4, -0.2) is 41.8 Å². The average Bonchev–Trinajstić information content (AvgIpc) is 2.20. The van der Waals surface area contributed by atoms with Crippen LogP contribution in [0.15, 0.2) is 0 Å². The van der Waals surface area contributed by atoms with Crippen molar-refractivity contribution in [3.05, 3.63) is 0 Å². The SMILES string of the molecule is CNC(=O)NC(CCC(=O)OC(C)(C)C)C(=O)O. The summed E-state index contributed by atoms with van der Waals surface area (Å²) in [4.78, 5) is 33.3. The van der Waals surface area contributed by atoms with E-state index in [9.17, 15) is 14.4 Å². The number of aliphatic carboxylic acids is 1. The van der Waals surface area contributed by atoms with Gasteiger partial charge in [-0.15, -0.1) is 0 Å². The fourth-order valence-corrected chi connectivity index (χ4v) is 1.14. The number of esters is 1. The van der Waals surface area contributed by atoms with Gasteiger partial charge in [0.25, 0.3) is 0 Å². The highest BCUT2D eigenvalue weighted by atomic mass is 16.6. The summed E-state index contributed by atoms with van der Waals surface area (Å²) in [5.74, 6) is -1.69. The fraction of sp³-hybridized carbons (Fsp3) is 0.727. The summed E-state index contributed by atoms with van der Waals surface area (Å²) in [7, 11) is 1.38. The summed E-state index contributed by atoms with van der Waals surface area (Å²) >= 11 is 0. The third kappa shape index (κ3) is 7.48. The van der Waals surface area contributed by atoms with Crippen LogP contribution >= 0.6 is 0 Å². The van der Waals surface area contributed by atoms with Gasteiger partial charge in [0.05, 0.1) is 0 Å². The number of nitrogens with one attached hydrogen (secondary N) is 2. The minimum absolute atomic E-state index is 0.0162. The first kappa shape index (κ1) is 16.2. The minimum Gasteiger partial charge on any atom is -0.480 e. The van der Waals surface area contributed by atoms with Gasteiger partial charge in [0, 0.05) is 13.5 Å². The van der Waals surface area contributed by atoms with Crippen LogP contribution in [0.25, 0.3) is 0 Å². The number of rotatable bonds is 5. The van der Waals surface area contributed by atoms with Gasteiger partial charge in [0.1, 0.15) is 11.6 Å². The van der Waals surface area contributed by atoms with E-state index in [-0.39, 0.29) is 12.8 Å². The minimum atomic E-state index is -1.19. The van der Waals surface area contributed by atoms with Crippen molar-refractivity contribution in [1.29, 1.82) is 0 Å². The number of amides is 2. The Bertz CT molecular complexity index is 322. The molecule has 0 saturated heterocycles. The molecule has 0 heterocycles. The van der Waals surface area contributed by atoms with Gasteiger partial charge >= 0.3 is 18.0 Å². The third-order valence-electron chi connectivity index (χ3n) is 1.89. The molecule has 0 rings (SSSR count). The Hall–Kier alpha value is -1.79. The van der Waals surface area contributed by atoms with Gasteiger partial charge in [-0.3, -0.25) is 4.79 Å². The lowest BCUT2D eigenvalue weighted by atomic mass is 10.1. The largest absolute Gasteiger partial charge is 0.480 e. The van der Waals surface area contributed by atoms with Gasteiger partial charge in [0.2, 0.25) is 0 Å². The normalized spacial score (nSPS) is 12.4. The van der Waals surface area contributed by atoms with Crippen LogP contribution in [0.4, 0.5) is 4.79 Å². The van der Waals surface area contributed by atoms with E-state index in [0.717, 1.165) is 0 Å². The van der Waals surface area contributed by atoms with Crippen LogP contribution in [0.3, 0.4) is 0 Å². The van der Waals surface area contributed by atoms with Gasteiger partial charge in [-0.05, 0) is 27.2 Å². The third-order valence-corrected chi connectivity index (χ3v) is 1.89. The molecule has 0 aromatic carbocycles. The zero-order valence-electron chi connectivity index (χ0n) is 11.1. The van der Waals surface area contributed by atoms with Gasteiger partial charge in [-0.1, -0.05) is 0 Å². The molecule has 0 aliphatic heterocycles. The topological polar surface area (TPSA) is 105 Å². The summed E-state index contributed by atoms with van der Waals surface area (Å²) in [6.07, 6.45) is -0.0874. The predicted molar refractivity (Wildman–Crippen MR) is 64.1 cm³/mol. The lowest BCUT2D eigenvalue weighted by molar-refractivity contribution is -0.155. The molecule has 2 amide bonds. The number of carbonyl (C=O) groups is 3. The number of urea groups is 1. The summed E-state index contributed by atoms with van der Waals surface area (Å²) < 4.78 is 5.04. The maximum Gasteiger partial charge on any atom is 0.326 e. The number of carboxylic acids is 1. The van der Waals surface area contributed by atoms with E-state index in [0.29, 0.717) is 0 Å². The van der Waals surface area contributed by atoms with Crippen LogP contribution in [0.5, 0.6) is 0 Å². The Morgan fingerprint density at radius 1 is 1.28 bits per heavy atom. The molecule has 0 radical (unpaired) electrons. The molecule has 7 heteroatoms. The summed E-state index contributed by atoms with van der Waals surface area (Å²) in [5.41, 5.74) is -0.607. The molecule has 0 bridgehead atoms. The summed E-state index contributed by atoms with van der Waals surface area (Å²) in [6.45, 7) is 5.17. The van der Waals surface area contributed by atoms with Crippen molar-refractivity contribution >= 4 is 18.0 Å². The molecule has 3 N–H and O–H groups in total. The lowest BCUT2D eigenvalue weighted by Gasteiger charge is -2.20. The Kier molecular flexibility index (Phi) is 6.15. The first-order chi connectivity index (χ1) is 8.15. The van der Waals surface area contributed by atoms with Gasteiger partial charge in [-0.2, -0.15) is 0 Å². The maximum absolute atomic E-state index is 11.4. The molecule has 0 aliphatic carbocycles. The Labute approximate surface area is 106 Å². The van der Waals surface area contributed by atoms with Crippen LogP contribution in [-0.2, 0) is 14.3 Å². The molecule has 7 nitrogen and oxygen atoms in total. The molecule has 0 fully saturated rings. The molecular weight excluding hydrogens is 240 g/mol. The quantitative estimate of drug-likeness (QED) is 0.624. The number of carboxylic acid groups (broad SMARTS) is 1. The second kappa shape index (κ2) is 6.83. The van der Waals surface area contributed by atoms with E-state index in [1.165, 1.54) is 7.05 Å². The smallest absolute Gasteiger partial charge is 0.326 e. The van der Waals surface area contributed by atoms with E-state index in [4.69, 9.17) is 9.84 Å². The lowest BCUT2D eigenvalue weighted by Crippen LogP contribution is -2.45. The Balaban J connectivity index is 4.24. The van der Waals surface area contributed by atoms with Crippen LogP contribution < -0.4 is 10.6 Å². The highest BCUT2D eigenvalue weighted by Crippen LogP contribution is 2.10. The second-order valence-electron chi connectivity index (χ2n) is 4.74. The molecule has 104 valence electrons. The molecule has 0 spiro atoms. The molecule has 18 heavy (non-hydrogen) atoms. The molecule has 1 atom stereocenters. The summed E-state index contributed by atoms with van der Waals surface area (Å²) in [6, 6.07) is -1.72. The van der Waals surface area contributed by atoms with Crippen molar-refractivity contribution in [2.75, 3.05) is 7.05 Å². The van der Waals surface area contributed by atoms with Crippen molar-refractivity contribution in [1.82, 2.24) is 10.6 Å². The zero-order valence-corrected chi connectivity index (χ0v) is 11.1. The number of hydrogen-bond donors (Lipinski definition) is 3. The van der Waals surface area contributed by atoms with E-state index in [2.05, 4.69) is 10.6 Å². The van der Waals surface area contributed by atoms with Crippen molar-refractivity contribution in [2.24, 2.45) is 0 Å². The second-order valence-corrected chi connectivity index (χ2v) is 4.74. The molecular formula is C11H20N2O5. The zero-order chi connectivity index (χ0) is 14.3. The fourth-order valence-electron chi connectivity index (χ4n) is 1.14. The molecule has 0 saturated carbocycles. The van der Waals surface area contributed by atoms with Crippen LogP contribution in [0.2, 0.25) is 0 Å². The van der Waals surface area contributed by atoms with Crippen LogP contribution in [0.1, 0.15) is 33.6 Å². The molecule has 1 unspecified atom stereocenters. The van der Waals surface area contributed by atoms with E-state index < -0.39 is 29.6 Å². The highest BCUT2D eigenvalue weighted by molar-refractivity contribution is 5.82. The van der Waals surface area contributed by atoms with E-state index in [1.807, 2.05) is 0 Å². The molecule has 0 aliphatic rings. The summed E-state index contributed by atoms with van der Waals surface area (Å²) in [5, 5.41) is 13.3. The van der Waals surface area contributed by atoms with Crippen molar-refractivity contribution < 1.29 is 24.2 Å². The molecule has 0 aromatic heterocycles. The molecule has 0 aromatic rings. The Morgan fingerprint density at radius 2 is 1.83 bits per heavy atom. The van der Waals surface area contributed by atoms with Crippen LogP contribution in [0, 0.1) is 0 Å². The standard InChI is InChI=1S/C11H20N2O5/c1-11(2,3)18-8(14)6-5-7(9(15)16)13-10(17)12-4/h7H,5-6H2,1-4H3,(H,15,16)(H2,12,13,17). The van der Waals surface area contributed by atoms with E-state index >= 15 is 0 Å². The van der Waals surface area contributed by atoms with E-state index in [1.54, 1.807) is 20.8 Å². The maximum atomic E-state index is 11.4. The predicted octanol–water partition coefficient (Wildman–Crippen LogP) is 0.491. The van der Waals surface area contributed by atoms with Crippen molar-refractivity contribution in [3.63, 3.8) is 0 Å². The number of carbonyl (C=O) groups excluding carboxylic acids is 2. The first-order valence-electron chi connectivity index (χ1n) is 5.58. The van der Waals surface area contributed by atoms with Gasteiger partial charge in [-0.25, -0.2) is 9.59 Å². The Morgan fingerprint density at radius 3 is 2.22 bits per heavy atom. The average molecular weight is 260 g/mol. The monoisotopic (exact) mass is 260 g/mol. The van der Waals surface area contributed by atoms with Crippen molar-refractivity contribution in [2.45, 2.75) is 45.3 Å². The highest BCUT2D eigenvalue weighted by Gasteiger charge is 2.22. The number of ether oxygens (including phenoxy) is 1. The van der Waals surface area contributed by atoms with Crippen molar-refractivity contribution in [3.8, 4) is 0 Å². The van der Waals surface area contributed by atoms with Gasteiger partial charge in [0.15, 0.2) is 0 Å².